The van der Waals surface area contributed by atoms with E-state index in [1.807, 2.05) is 0 Å². The minimum absolute atomic E-state index is 0.0420. The zero-order chi connectivity index (χ0) is 22.8. The minimum atomic E-state index is -4.54. The number of carbonyl (C=O) groups is 1. The average Bonchev–Trinajstić information content (AvgIpc) is 3.21. The number of alkyl halides is 3. The lowest BCUT2D eigenvalue weighted by atomic mass is 9.92. The van der Waals surface area contributed by atoms with E-state index in [1.165, 1.54) is 24.3 Å². The van der Waals surface area contributed by atoms with Crippen LogP contribution in [0.25, 0.3) is 11.1 Å². The van der Waals surface area contributed by atoms with Crippen LogP contribution in [0, 0.1) is 13.8 Å². The van der Waals surface area contributed by atoms with E-state index in [2.05, 4.69) is 0 Å². The van der Waals surface area contributed by atoms with Crippen LogP contribution < -0.4 is 4.74 Å². The summed E-state index contributed by atoms with van der Waals surface area (Å²) in [6.45, 7) is 6.91. The maximum atomic E-state index is 14.0. The zero-order valence-electron chi connectivity index (χ0n) is 17.7. The molecular weight excluding hydrogens is 425 g/mol. The van der Waals surface area contributed by atoms with Crippen LogP contribution >= 0.6 is 11.3 Å². The molecule has 0 N–H and O–H groups in total. The number of hydrogen-bond donors (Lipinski definition) is 0. The molecule has 3 rings (SSSR count). The fourth-order valence-corrected chi connectivity index (χ4v) is 4.36. The number of ether oxygens (including phenoxy) is 2. The number of rotatable bonds is 6. The number of hydrogen-bond acceptors (Lipinski definition) is 4. The number of thiophene rings is 1. The number of aryl methyl sites for hydroxylation is 1. The summed E-state index contributed by atoms with van der Waals surface area (Å²) in [4.78, 5) is 13.0. The van der Waals surface area contributed by atoms with Crippen LogP contribution in [-0.4, -0.2) is 12.6 Å². The number of carbonyl (C=O) groups excluding carboxylic acids is 1. The van der Waals surface area contributed by atoms with Crippen molar-refractivity contribution in [2.24, 2.45) is 0 Å². The molecule has 3 aromatic rings. The van der Waals surface area contributed by atoms with Crippen molar-refractivity contribution in [3.8, 4) is 16.9 Å². The molecule has 1 heterocycles. The van der Waals surface area contributed by atoms with Crippen LogP contribution in [0.15, 0.2) is 48.5 Å². The standard InChI is InChI=1S/C24H23F3O3S/c1-5-29-23(28)20-12-11-19(31-20)16(4)30-22-14(2)13-18(17-9-7-6-8-10-17)21(15(22)3)24(25,26)27/h6-13,16H,5H2,1-4H3. The molecule has 2 aromatic carbocycles. The summed E-state index contributed by atoms with van der Waals surface area (Å²) in [5.41, 5.74) is 0.574. The summed E-state index contributed by atoms with van der Waals surface area (Å²) >= 11 is 1.21. The van der Waals surface area contributed by atoms with E-state index >= 15 is 0 Å². The van der Waals surface area contributed by atoms with Gasteiger partial charge in [0.2, 0.25) is 0 Å². The topological polar surface area (TPSA) is 35.5 Å². The van der Waals surface area contributed by atoms with Crippen molar-refractivity contribution in [3.63, 3.8) is 0 Å². The fraction of sp³-hybridized carbons (Fsp3) is 0.292. The number of benzene rings is 2. The van der Waals surface area contributed by atoms with Gasteiger partial charge in [0, 0.05) is 10.4 Å². The minimum Gasteiger partial charge on any atom is -0.485 e. The first-order chi connectivity index (χ1) is 14.6. The highest BCUT2D eigenvalue weighted by Crippen LogP contribution is 2.45. The molecule has 0 radical (unpaired) electrons. The van der Waals surface area contributed by atoms with Gasteiger partial charge in [-0.15, -0.1) is 11.3 Å². The van der Waals surface area contributed by atoms with E-state index in [0.717, 1.165) is 4.88 Å². The first kappa shape index (κ1) is 22.9. The summed E-state index contributed by atoms with van der Waals surface area (Å²) in [5, 5.41) is 0. The molecule has 1 atom stereocenters. The first-order valence-electron chi connectivity index (χ1n) is 9.83. The Morgan fingerprint density at radius 1 is 1.10 bits per heavy atom. The van der Waals surface area contributed by atoms with Crippen LogP contribution in [0.3, 0.4) is 0 Å². The van der Waals surface area contributed by atoms with Crippen LogP contribution in [0.5, 0.6) is 5.75 Å². The molecule has 0 spiro atoms. The lowest BCUT2D eigenvalue weighted by Crippen LogP contribution is -2.13. The molecule has 31 heavy (non-hydrogen) atoms. The van der Waals surface area contributed by atoms with Crippen molar-refractivity contribution in [1.29, 1.82) is 0 Å². The van der Waals surface area contributed by atoms with Gasteiger partial charge in [0.15, 0.2) is 0 Å². The van der Waals surface area contributed by atoms with Gasteiger partial charge >= 0.3 is 12.1 Å². The van der Waals surface area contributed by atoms with Gasteiger partial charge in [-0.3, -0.25) is 0 Å². The van der Waals surface area contributed by atoms with E-state index in [0.29, 0.717) is 16.0 Å². The number of esters is 1. The van der Waals surface area contributed by atoms with Crippen molar-refractivity contribution >= 4 is 17.3 Å². The van der Waals surface area contributed by atoms with E-state index < -0.39 is 23.8 Å². The van der Waals surface area contributed by atoms with Gasteiger partial charge in [-0.05, 0) is 62.6 Å². The van der Waals surface area contributed by atoms with Crippen LogP contribution in [0.1, 0.15) is 51.2 Å². The highest BCUT2D eigenvalue weighted by atomic mass is 32.1. The largest absolute Gasteiger partial charge is 0.485 e. The Morgan fingerprint density at radius 3 is 2.39 bits per heavy atom. The maximum Gasteiger partial charge on any atom is 0.417 e. The van der Waals surface area contributed by atoms with Gasteiger partial charge in [0.25, 0.3) is 0 Å². The van der Waals surface area contributed by atoms with Crippen molar-refractivity contribution < 1.29 is 27.4 Å². The van der Waals surface area contributed by atoms with Crippen molar-refractivity contribution in [2.45, 2.75) is 40.0 Å². The Bertz CT molecular complexity index is 1070. The Labute approximate surface area is 183 Å². The predicted octanol–water partition coefficient (Wildman–Crippen LogP) is 7.37. The Morgan fingerprint density at radius 2 is 1.77 bits per heavy atom. The fourth-order valence-electron chi connectivity index (χ4n) is 3.48. The normalized spacial score (nSPS) is 12.5. The van der Waals surface area contributed by atoms with Crippen molar-refractivity contribution in [1.82, 2.24) is 0 Å². The maximum absolute atomic E-state index is 14.0. The highest BCUT2D eigenvalue weighted by molar-refractivity contribution is 7.14. The number of halogens is 3. The lowest BCUT2D eigenvalue weighted by molar-refractivity contribution is -0.137. The quantitative estimate of drug-likeness (QED) is 0.369. The van der Waals surface area contributed by atoms with Gasteiger partial charge in [0.1, 0.15) is 16.7 Å². The summed E-state index contributed by atoms with van der Waals surface area (Å²) < 4.78 is 53.1. The van der Waals surface area contributed by atoms with E-state index in [4.69, 9.17) is 9.47 Å². The van der Waals surface area contributed by atoms with E-state index in [9.17, 15) is 18.0 Å². The monoisotopic (exact) mass is 448 g/mol. The third-order valence-corrected chi connectivity index (χ3v) is 6.10. The first-order valence-corrected chi connectivity index (χ1v) is 10.7. The highest BCUT2D eigenvalue weighted by Gasteiger charge is 2.37. The molecule has 0 saturated carbocycles. The van der Waals surface area contributed by atoms with Crippen molar-refractivity contribution in [2.75, 3.05) is 6.61 Å². The Kier molecular flexibility index (Phi) is 6.74. The molecule has 1 unspecified atom stereocenters. The third-order valence-electron chi connectivity index (χ3n) is 4.87. The predicted molar refractivity (Wildman–Crippen MR) is 116 cm³/mol. The van der Waals surface area contributed by atoms with Gasteiger partial charge in [0.05, 0.1) is 12.2 Å². The van der Waals surface area contributed by atoms with E-state index in [-0.39, 0.29) is 23.5 Å². The average molecular weight is 449 g/mol. The second kappa shape index (κ2) is 9.14. The van der Waals surface area contributed by atoms with Crippen LogP contribution in [0.2, 0.25) is 0 Å². The molecule has 7 heteroatoms. The second-order valence-electron chi connectivity index (χ2n) is 7.12. The molecular formula is C24H23F3O3S. The van der Waals surface area contributed by atoms with Gasteiger partial charge in [-0.1, -0.05) is 30.3 Å². The lowest BCUT2D eigenvalue weighted by Gasteiger charge is -2.23. The zero-order valence-corrected chi connectivity index (χ0v) is 18.5. The summed E-state index contributed by atoms with van der Waals surface area (Å²) in [5.74, 6) is -0.226. The molecule has 0 bridgehead atoms. The molecule has 0 aliphatic heterocycles. The molecule has 0 aliphatic rings. The van der Waals surface area contributed by atoms with Crippen molar-refractivity contribution in [3.05, 3.63) is 75.0 Å². The molecule has 164 valence electrons. The summed E-state index contributed by atoms with van der Waals surface area (Å²) in [6.07, 6.45) is -5.07. The van der Waals surface area contributed by atoms with Crippen LogP contribution in [-0.2, 0) is 10.9 Å². The molecule has 0 amide bonds. The molecule has 0 fully saturated rings. The third kappa shape index (κ3) is 4.93. The summed E-state index contributed by atoms with van der Waals surface area (Å²) in [6, 6.07) is 13.4. The Hall–Kier alpha value is -2.80. The van der Waals surface area contributed by atoms with Gasteiger partial charge in [-0.2, -0.15) is 13.2 Å². The molecule has 0 saturated heterocycles. The van der Waals surface area contributed by atoms with Gasteiger partial charge < -0.3 is 9.47 Å². The smallest absolute Gasteiger partial charge is 0.417 e. The molecule has 1 aromatic heterocycles. The second-order valence-corrected chi connectivity index (χ2v) is 8.23. The SMILES string of the molecule is CCOC(=O)c1ccc(C(C)Oc2c(C)cc(-c3ccccc3)c(C(F)(F)F)c2C)s1. The van der Waals surface area contributed by atoms with Crippen LogP contribution in [0.4, 0.5) is 13.2 Å². The molecule has 3 nitrogen and oxygen atoms in total. The Balaban J connectivity index is 2.00. The van der Waals surface area contributed by atoms with Gasteiger partial charge in [-0.25, -0.2) is 4.79 Å². The molecule has 0 aliphatic carbocycles. The van der Waals surface area contributed by atoms with E-state index in [1.54, 1.807) is 63.2 Å². The summed E-state index contributed by atoms with van der Waals surface area (Å²) in [7, 11) is 0.